The summed E-state index contributed by atoms with van der Waals surface area (Å²) in [7, 11) is 1.65. The molecule has 0 saturated carbocycles. The summed E-state index contributed by atoms with van der Waals surface area (Å²) in [4.78, 5) is 1.95. The van der Waals surface area contributed by atoms with Crippen LogP contribution in [0.4, 0.5) is 0 Å². The predicted molar refractivity (Wildman–Crippen MR) is 70.0 cm³/mol. The van der Waals surface area contributed by atoms with Gasteiger partial charge in [0.05, 0.1) is 12.0 Å². The number of phenols is 1. The molecule has 0 spiro atoms. The van der Waals surface area contributed by atoms with Crippen molar-refractivity contribution < 1.29 is 9.84 Å². The van der Waals surface area contributed by atoms with Crippen molar-refractivity contribution >= 4 is 11.8 Å². The first kappa shape index (κ1) is 11.9. The van der Waals surface area contributed by atoms with E-state index < -0.39 is 0 Å². The molecule has 2 aromatic rings. The number of ether oxygens (including phenoxy) is 1. The summed E-state index contributed by atoms with van der Waals surface area (Å²) in [5.74, 6) is 1.15. The van der Waals surface area contributed by atoms with Crippen molar-refractivity contribution in [2.75, 3.05) is 7.11 Å². The zero-order valence-electron chi connectivity index (χ0n) is 9.81. The van der Waals surface area contributed by atoms with Crippen LogP contribution in [0.25, 0.3) is 0 Å². The van der Waals surface area contributed by atoms with Crippen LogP contribution in [0.15, 0.2) is 52.3 Å². The molecule has 0 amide bonds. The zero-order chi connectivity index (χ0) is 12.3. The van der Waals surface area contributed by atoms with Crippen molar-refractivity contribution in [2.45, 2.75) is 16.7 Å². The topological polar surface area (TPSA) is 29.5 Å². The minimum Gasteiger partial charge on any atom is -0.507 e. The average molecular weight is 246 g/mol. The first-order valence-corrected chi connectivity index (χ1v) is 6.12. The van der Waals surface area contributed by atoms with E-state index >= 15 is 0 Å². The Bertz CT molecular complexity index is 506. The van der Waals surface area contributed by atoms with Crippen LogP contribution in [0.2, 0.25) is 0 Å². The van der Waals surface area contributed by atoms with Crippen molar-refractivity contribution in [1.29, 1.82) is 0 Å². The molecule has 0 saturated heterocycles. The number of hydrogen-bond donors (Lipinski definition) is 1. The molecule has 0 aromatic heterocycles. The smallest absolute Gasteiger partial charge is 0.129 e. The molecule has 88 valence electrons. The number of benzene rings is 2. The average Bonchev–Trinajstić information content (AvgIpc) is 2.35. The molecule has 0 aliphatic rings. The molecule has 0 bridgehead atoms. The second-order valence-electron chi connectivity index (χ2n) is 3.75. The maximum atomic E-state index is 9.75. The molecule has 17 heavy (non-hydrogen) atoms. The number of aryl methyl sites for hydroxylation is 1. The zero-order valence-corrected chi connectivity index (χ0v) is 10.6. The van der Waals surface area contributed by atoms with Gasteiger partial charge in [-0.05, 0) is 48.9 Å². The third-order valence-electron chi connectivity index (χ3n) is 2.40. The highest BCUT2D eigenvalue weighted by atomic mass is 32.2. The van der Waals surface area contributed by atoms with Crippen molar-refractivity contribution in [3.63, 3.8) is 0 Å². The number of aromatic hydroxyl groups is 1. The second-order valence-corrected chi connectivity index (χ2v) is 4.86. The van der Waals surface area contributed by atoms with E-state index in [0.29, 0.717) is 5.75 Å². The fraction of sp³-hybridized carbons (Fsp3) is 0.143. The maximum Gasteiger partial charge on any atom is 0.129 e. The van der Waals surface area contributed by atoms with Gasteiger partial charge in [-0.15, -0.1) is 0 Å². The Balaban J connectivity index is 2.22. The summed E-state index contributed by atoms with van der Waals surface area (Å²) in [5.41, 5.74) is 1.14. The summed E-state index contributed by atoms with van der Waals surface area (Å²) >= 11 is 1.54. The molecular formula is C14H14O2S. The number of methoxy groups -OCH3 is 1. The minimum atomic E-state index is 0.316. The van der Waals surface area contributed by atoms with Gasteiger partial charge in [0.1, 0.15) is 11.5 Å². The van der Waals surface area contributed by atoms with E-state index in [1.807, 2.05) is 43.3 Å². The fourth-order valence-electron chi connectivity index (χ4n) is 1.47. The SMILES string of the molecule is COc1ccc(Sc2cc(C)ccc2O)cc1. The predicted octanol–water partition coefficient (Wildman–Crippen LogP) is 3.86. The normalized spacial score (nSPS) is 10.2. The van der Waals surface area contributed by atoms with Gasteiger partial charge >= 0.3 is 0 Å². The summed E-state index contributed by atoms with van der Waals surface area (Å²) < 4.78 is 5.10. The third-order valence-corrected chi connectivity index (χ3v) is 3.46. The Morgan fingerprint density at radius 2 is 1.76 bits per heavy atom. The molecule has 0 unspecified atom stereocenters. The first-order chi connectivity index (χ1) is 8.19. The molecule has 0 aliphatic carbocycles. The third kappa shape index (κ3) is 2.94. The molecule has 0 fully saturated rings. The molecule has 2 nitrogen and oxygen atoms in total. The molecular weight excluding hydrogens is 232 g/mol. The van der Waals surface area contributed by atoms with Gasteiger partial charge in [-0.1, -0.05) is 17.8 Å². The van der Waals surface area contributed by atoms with Gasteiger partial charge < -0.3 is 9.84 Å². The first-order valence-electron chi connectivity index (χ1n) is 5.30. The van der Waals surface area contributed by atoms with E-state index in [1.165, 1.54) is 0 Å². The Labute approximate surface area is 105 Å². The van der Waals surface area contributed by atoms with Crippen LogP contribution in [0.1, 0.15) is 5.56 Å². The lowest BCUT2D eigenvalue weighted by Gasteiger charge is -2.06. The number of rotatable bonds is 3. The van der Waals surface area contributed by atoms with E-state index in [1.54, 1.807) is 24.9 Å². The Kier molecular flexibility index (Phi) is 3.59. The lowest BCUT2D eigenvalue weighted by atomic mass is 10.2. The molecule has 0 radical (unpaired) electrons. The van der Waals surface area contributed by atoms with Crippen molar-refractivity contribution in [3.8, 4) is 11.5 Å². The minimum absolute atomic E-state index is 0.316. The molecule has 3 heteroatoms. The molecule has 2 aromatic carbocycles. The van der Waals surface area contributed by atoms with Gasteiger partial charge in [-0.25, -0.2) is 0 Å². The van der Waals surface area contributed by atoms with Crippen LogP contribution < -0.4 is 4.74 Å². The van der Waals surface area contributed by atoms with Crippen LogP contribution in [0.5, 0.6) is 11.5 Å². The van der Waals surface area contributed by atoms with Crippen molar-refractivity contribution in [3.05, 3.63) is 48.0 Å². The molecule has 0 heterocycles. The van der Waals surface area contributed by atoms with Gasteiger partial charge in [0, 0.05) is 4.90 Å². The lowest BCUT2D eigenvalue weighted by Crippen LogP contribution is -1.82. The second kappa shape index (κ2) is 5.15. The molecule has 0 atom stereocenters. The van der Waals surface area contributed by atoms with Crippen molar-refractivity contribution in [2.24, 2.45) is 0 Å². The van der Waals surface area contributed by atoms with Crippen LogP contribution in [0, 0.1) is 6.92 Å². The standard InChI is InChI=1S/C14H14O2S/c1-10-3-8-13(15)14(9-10)17-12-6-4-11(16-2)5-7-12/h3-9,15H,1-2H3. The molecule has 0 aliphatic heterocycles. The van der Waals surface area contributed by atoms with Gasteiger partial charge in [0.25, 0.3) is 0 Å². The quantitative estimate of drug-likeness (QED) is 0.891. The van der Waals surface area contributed by atoms with Gasteiger partial charge in [0.2, 0.25) is 0 Å². The highest BCUT2D eigenvalue weighted by molar-refractivity contribution is 7.99. The highest BCUT2D eigenvalue weighted by Gasteiger charge is 2.04. The summed E-state index contributed by atoms with van der Waals surface area (Å²) in [6, 6.07) is 13.4. The van der Waals surface area contributed by atoms with Crippen LogP contribution in [-0.2, 0) is 0 Å². The van der Waals surface area contributed by atoms with E-state index in [2.05, 4.69) is 0 Å². The summed E-state index contributed by atoms with van der Waals surface area (Å²) in [5, 5.41) is 9.75. The van der Waals surface area contributed by atoms with E-state index in [-0.39, 0.29) is 0 Å². The van der Waals surface area contributed by atoms with Gasteiger partial charge in [0.15, 0.2) is 0 Å². The fourth-order valence-corrected chi connectivity index (χ4v) is 2.42. The lowest BCUT2D eigenvalue weighted by molar-refractivity contribution is 0.414. The van der Waals surface area contributed by atoms with Gasteiger partial charge in [-0.3, -0.25) is 0 Å². The Morgan fingerprint density at radius 1 is 1.06 bits per heavy atom. The number of phenolic OH excluding ortho intramolecular Hbond substituents is 1. The molecule has 1 N–H and O–H groups in total. The largest absolute Gasteiger partial charge is 0.507 e. The number of hydrogen-bond acceptors (Lipinski definition) is 3. The van der Waals surface area contributed by atoms with E-state index in [0.717, 1.165) is 21.1 Å². The summed E-state index contributed by atoms with van der Waals surface area (Å²) in [6.45, 7) is 2.01. The maximum absolute atomic E-state index is 9.75. The van der Waals surface area contributed by atoms with Crippen molar-refractivity contribution in [1.82, 2.24) is 0 Å². The monoisotopic (exact) mass is 246 g/mol. The van der Waals surface area contributed by atoms with Crippen LogP contribution >= 0.6 is 11.8 Å². The molecule has 2 rings (SSSR count). The van der Waals surface area contributed by atoms with Crippen LogP contribution in [0.3, 0.4) is 0 Å². The Morgan fingerprint density at radius 3 is 2.41 bits per heavy atom. The Hall–Kier alpha value is -1.61. The highest BCUT2D eigenvalue weighted by Crippen LogP contribution is 2.35. The van der Waals surface area contributed by atoms with Crippen LogP contribution in [-0.4, -0.2) is 12.2 Å². The van der Waals surface area contributed by atoms with E-state index in [9.17, 15) is 5.11 Å². The summed E-state index contributed by atoms with van der Waals surface area (Å²) in [6.07, 6.45) is 0. The van der Waals surface area contributed by atoms with Gasteiger partial charge in [-0.2, -0.15) is 0 Å². The van der Waals surface area contributed by atoms with E-state index in [4.69, 9.17) is 4.74 Å².